The molecule has 5 nitrogen and oxygen atoms in total. The zero-order valence-electron chi connectivity index (χ0n) is 11.1. The number of ketones is 1. The highest BCUT2D eigenvalue weighted by molar-refractivity contribution is 8.00. The Morgan fingerprint density at radius 1 is 1.40 bits per heavy atom. The van der Waals surface area contributed by atoms with Crippen LogP contribution in [-0.2, 0) is 9.59 Å². The first-order chi connectivity index (χ1) is 9.52. The Labute approximate surface area is 121 Å². The molecule has 0 spiro atoms. The minimum atomic E-state index is -0.946. The smallest absolute Gasteiger partial charge is 0.305 e. The maximum absolute atomic E-state index is 11.9. The van der Waals surface area contributed by atoms with E-state index in [1.54, 1.807) is 19.1 Å². The summed E-state index contributed by atoms with van der Waals surface area (Å²) in [5.41, 5.74) is 1.20. The molecule has 1 aliphatic rings. The number of hydrogen-bond acceptors (Lipinski definition) is 4. The maximum Gasteiger partial charge on any atom is 0.305 e. The van der Waals surface area contributed by atoms with Crippen LogP contribution < -0.4 is 4.90 Å². The van der Waals surface area contributed by atoms with Gasteiger partial charge in [0, 0.05) is 23.4 Å². The minimum absolute atomic E-state index is 0.00834. The van der Waals surface area contributed by atoms with E-state index in [0.717, 1.165) is 4.90 Å². The molecule has 20 heavy (non-hydrogen) atoms. The maximum atomic E-state index is 11.9. The first-order valence-electron chi connectivity index (χ1n) is 6.35. The molecule has 106 valence electrons. The van der Waals surface area contributed by atoms with Crippen molar-refractivity contribution in [1.82, 2.24) is 0 Å². The summed E-state index contributed by atoms with van der Waals surface area (Å²) in [6.07, 6.45) is 0.288. The molecule has 0 bridgehead atoms. The van der Waals surface area contributed by atoms with Crippen LogP contribution >= 0.6 is 11.8 Å². The van der Waals surface area contributed by atoms with Crippen LogP contribution in [0.2, 0.25) is 0 Å². The van der Waals surface area contributed by atoms with Gasteiger partial charge in [-0.25, -0.2) is 0 Å². The van der Waals surface area contributed by atoms with E-state index < -0.39 is 5.97 Å². The predicted octanol–water partition coefficient (Wildman–Crippen LogP) is 2.19. The van der Waals surface area contributed by atoms with Crippen molar-refractivity contribution in [2.45, 2.75) is 24.7 Å². The van der Waals surface area contributed by atoms with Crippen LogP contribution in [0.1, 0.15) is 30.1 Å². The van der Waals surface area contributed by atoms with Gasteiger partial charge in [-0.3, -0.25) is 14.4 Å². The van der Waals surface area contributed by atoms with Gasteiger partial charge >= 0.3 is 5.97 Å². The molecule has 6 heteroatoms. The topological polar surface area (TPSA) is 74.7 Å². The van der Waals surface area contributed by atoms with E-state index in [1.807, 2.05) is 6.07 Å². The number of hydrogen-bond donors (Lipinski definition) is 1. The molecule has 1 heterocycles. The van der Waals surface area contributed by atoms with E-state index >= 15 is 0 Å². The van der Waals surface area contributed by atoms with Crippen molar-refractivity contribution < 1.29 is 19.5 Å². The van der Waals surface area contributed by atoms with Gasteiger partial charge < -0.3 is 10.0 Å². The number of carbonyl (C=O) groups is 3. The summed E-state index contributed by atoms with van der Waals surface area (Å²) >= 11 is 1.41. The van der Waals surface area contributed by atoms with Crippen LogP contribution in [-0.4, -0.2) is 35.1 Å². The standard InChI is InChI=1S/C14H15NO4S/c1-2-11(16)9-3-4-12-10(7-9)15(6-5-14(18)19)13(17)8-20-12/h3-4,7H,2,5-6,8H2,1H3,(H,18,19). The number of fused-ring (bicyclic) bond motifs is 1. The van der Waals surface area contributed by atoms with E-state index in [9.17, 15) is 14.4 Å². The number of amides is 1. The van der Waals surface area contributed by atoms with Gasteiger partial charge in [0.05, 0.1) is 17.9 Å². The number of rotatable bonds is 5. The van der Waals surface area contributed by atoms with Crippen molar-refractivity contribution in [1.29, 1.82) is 0 Å². The minimum Gasteiger partial charge on any atom is -0.481 e. The normalized spacial score (nSPS) is 14.1. The Kier molecular flexibility index (Phi) is 4.44. The van der Waals surface area contributed by atoms with Gasteiger partial charge in [-0.2, -0.15) is 0 Å². The molecule has 0 unspecified atom stereocenters. The average molecular weight is 293 g/mol. The van der Waals surface area contributed by atoms with Crippen molar-refractivity contribution in [3.05, 3.63) is 23.8 Å². The van der Waals surface area contributed by atoms with Crippen molar-refractivity contribution >= 4 is 35.1 Å². The third-order valence-corrected chi connectivity index (χ3v) is 4.14. The first-order valence-corrected chi connectivity index (χ1v) is 7.33. The highest BCUT2D eigenvalue weighted by Crippen LogP contribution is 2.36. The van der Waals surface area contributed by atoms with Crippen LogP contribution in [0.15, 0.2) is 23.1 Å². The summed E-state index contributed by atoms with van der Waals surface area (Å²) in [5.74, 6) is -0.759. The second-order valence-electron chi connectivity index (χ2n) is 4.44. The molecule has 0 aromatic heterocycles. The fraction of sp³-hybridized carbons (Fsp3) is 0.357. The SMILES string of the molecule is CCC(=O)c1ccc2c(c1)N(CCC(=O)O)C(=O)CS2. The average Bonchev–Trinajstić information content (AvgIpc) is 2.44. The molecule has 1 amide bonds. The Bertz CT molecular complexity index is 570. The van der Waals surface area contributed by atoms with Gasteiger partial charge in [0.25, 0.3) is 0 Å². The van der Waals surface area contributed by atoms with Crippen LogP contribution in [0.3, 0.4) is 0 Å². The Morgan fingerprint density at radius 2 is 2.15 bits per heavy atom. The lowest BCUT2D eigenvalue weighted by Crippen LogP contribution is -2.37. The van der Waals surface area contributed by atoms with Crippen LogP contribution in [0.5, 0.6) is 0 Å². The van der Waals surface area contributed by atoms with Crippen LogP contribution in [0.4, 0.5) is 5.69 Å². The third-order valence-electron chi connectivity index (χ3n) is 3.09. The Morgan fingerprint density at radius 3 is 2.80 bits per heavy atom. The number of benzene rings is 1. The summed E-state index contributed by atoms with van der Waals surface area (Å²) in [5, 5.41) is 8.76. The molecular formula is C14H15NO4S. The molecule has 1 aliphatic heterocycles. The van der Waals surface area contributed by atoms with E-state index in [4.69, 9.17) is 5.11 Å². The van der Waals surface area contributed by atoms with Crippen molar-refractivity contribution in [2.24, 2.45) is 0 Å². The fourth-order valence-corrected chi connectivity index (χ4v) is 2.95. The van der Waals surface area contributed by atoms with Crippen molar-refractivity contribution in [3.8, 4) is 0 Å². The van der Waals surface area contributed by atoms with Gasteiger partial charge in [-0.15, -0.1) is 11.8 Å². The van der Waals surface area contributed by atoms with Crippen LogP contribution in [0, 0.1) is 0 Å². The lowest BCUT2D eigenvalue weighted by molar-refractivity contribution is -0.136. The van der Waals surface area contributed by atoms with E-state index in [1.165, 1.54) is 16.7 Å². The summed E-state index contributed by atoms with van der Waals surface area (Å²) in [6, 6.07) is 5.26. The molecule has 0 saturated heterocycles. The summed E-state index contributed by atoms with van der Waals surface area (Å²) in [4.78, 5) is 36.8. The zero-order valence-corrected chi connectivity index (χ0v) is 11.9. The highest BCUT2D eigenvalue weighted by atomic mass is 32.2. The monoisotopic (exact) mass is 293 g/mol. The van der Waals surface area contributed by atoms with E-state index in [-0.39, 0.29) is 24.7 Å². The lowest BCUT2D eigenvalue weighted by atomic mass is 10.1. The first kappa shape index (κ1) is 14.6. The molecule has 1 aromatic rings. The number of nitrogens with zero attached hydrogens (tertiary/aromatic N) is 1. The summed E-state index contributed by atoms with van der Waals surface area (Å²) in [6.45, 7) is 1.91. The fourth-order valence-electron chi connectivity index (χ4n) is 2.03. The lowest BCUT2D eigenvalue weighted by Gasteiger charge is -2.29. The van der Waals surface area contributed by atoms with Crippen LogP contribution in [0.25, 0.3) is 0 Å². The number of carbonyl (C=O) groups excluding carboxylic acids is 2. The number of aliphatic carboxylic acids is 1. The number of thioether (sulfide) groups is 1. The third kappa shape index (κ3) is 3.01. The molecule has 1 aromatic carbocycles. The second kappa shape index (κ2) is 6.09. The van der Waals surface area contributed by atoms with E-state index in [0.29, 0.717) is 23.4 Å². The predicted molar refractivity (Wildman–Crippen MR) is 76.4 cm³/mol. The molecule has 0 atom stereocenters. The van der Waals surface area contributed by atoms with Crippen molar-refractivity contribution in [3.63, 3.8) is 0 Å². The van der Waals surface area contributed by atoms with Gasteiger partial charge in [0.15, 0.2) is 5.78 Å². The summed E-state index contributed by atoms with van der Waals surface area (Å²) < 4.78 is 0. The second-order valence-corrected chi connectivity index (χ2v) is 5.45. The van der Waals surface area contributed by atoms with E-state index in [2.05, 4.69) is 0 Å². The molecule has 0 aliphatic carbocycles. The molecule has 0 saturated carbocycles. The summed E-state index contributed by atoms with van der Waals surface area (Å²) in [7, 11) is 0. The Hall–Kier alpha value is -1.82. The largest absolute Gasteiger partial charge is 0.481 e. The molecular weight excluding hydrogens is 278 g/mol. The number of carboxylic acid groups (broad SMARTS) is 1. The Balaban J connectivity index is 2.34. The molecule has 1 N–H and O–H groups in total. The zero-order chi connectivity index (χ0) is 14.7. The molecule has 0 fully saturated rings. The highest BCUT2D eigenvalue weighted by Gasteiger charge is 2.25. The molecule has 2 rings (SSSR count). The number of carboxylic acids is 1. The van der Waals surface area contributed by atoms with Crippen molar-refractivity contribution in [2.75, 3.05) is 17.2 Å². The van der Waals surface area contributed by atoms with Gasteiger partial charge in [-0.05, 0) is 12.1 Å². The quantitative estimate of drug-likeness (QED) is 0.842. The van der Waals surface area contributed by atoms with Gasteiger partial charge in [0.2, 0.25) is 5.91 Å². The van der Waals surface area contributed by atoms with Gasteiger partial charge in [-0.1, -0.05) is 13.0 Å². The van der Waals surface area contributed by atoms with Gasteiger partial charge in [0.1, 0.15) is 0 Å². The molecule has 0 radical (unpaired) electrons. The number of Topliss-reactive ketones (excluding diaryl/α,β-unsaturated/α-hetero) is 1. The number of anilines is 1.